The minimum Gasteiger partial charge on any atom is -0.311 e. The van der Waals surface area contributed by atoms with Crippen molar-refractivity contribution in [2.45, 2.75) is 84.6 Å². The number of aromatic nitrogens is 2. The Morgan fingerprint density at radius 2 is 1.52 bits per heavy atom. The molecule has 0 saturated carbocycles. The highest BCUT2D eigenvalue weighted by Crippen LogP contribution is 2.10. The Morgan fingerprint density at radius 1 is 0.905 bits per heavy atom. The summed E-state index contributed by atoms with van der Waals surface area (Å²) in [6.07, 6.45) is 15.8. The molecule has 0 aliphatic carbocycles. The number of nitrogens with zero attached hydrogens (tertiary/aromatic N) is 2. The van der Waals surface area contributed by atoms with Crippen LogP contribution >= 0.6 is 0 Å². The van der Waals surface area contributed by atoms with E-state index in [4.69, 9.17) is 0 Å². The molecule has 1 heterocycles. The molecule has 0 unspecified atom stereocenters. The van der Waals surface area contributed by atoms with E-state index in [1.54, 1.807) is 0 Å². The van der Waals surface area contributed by atoms with Crippen LogP contribution in [0.5, 0.6) is 0 Å². The van der Waals surface area contributed by atoms with E-state index in [2.05, 4.69) is 22.2 Å². The minimum atomic E-state index is 0.855. The fourth-order valence-corrected chi connectivity index (χ4v) is 2.56. The van der Waals surface area contributed by atoms with Crippen molar-refractivity contribution in [3.05, 3.63) is 23.8 Å². The normalized spacial score (nSPS) is 11.0. The van der Waals surface area contributed by atoms with Crippen LogP contribution in [0.15, 0.2) is 12.3 Å². The van der Waals surface area contributed by atoms with Gasteiger partial charge in [0.25, 0.3) is 0 Å². The Labute approximate surface area is 131 Å². The first kappa shape index (κ1) is 18.1. The van der Waals surface area contributed by atoms with Crippen molar-refractivity contribution in [1.82, 2.24) is 15.3 Å². The maximum absolute atomic E-state index is 4.39. The third kappa shape index (κ3) is 10.4. The van der Waals surface area contributed by atoms with Crippen molar-refractivity contribution < 1.29 is 0 Å². The third-order valence-corrected chi connectivity index (χ3v) is 3.85. The number of rotatable bonds is 13. The SMILES string of the molecule is CCCCCCCCCCCCNCc1ccnc(C)n1. The summed E-state index contributed by atoms with van der Waals surface area (Å²) in [6, 6.07) is 1.98. The molecule has 1 aromatic rings. The van der Waals surface area contributed by atoms with Gasteiger partial charge in [-0.25, -0.2) is 9.97 Å². The predicted octanol–water partition coefficient (Wildman–Crippen LogP) is 4.80. The summed E-state index contributed by atoms with van der Waals surface area (Å²) >= 11 is 0. The number of hydrogen-bond donors (Lipinski definition) is 1. The van der Waals surface area contributed by atoms with Crippen molar-refractivity contribution in [2.24, 2.45) is 0 Å². The van der Waals surface area contributed by atoms with Crippen LogP contribution in [-0.2, 0) is 6.54 Å². The molecular formula is C18H33N3. The minimum absolute atomic E-state index is 0.855. The molecule has 0 atom stereocenters. The summed E-state index contributed by atoms with van der Waals surface area (Å²) in [5.74, 6) is 0.855. The summed E-state index contributed by atoms with van der Waals surface area (Å²) in [7, 11) is 0. The molecule has 0 aliphatic rings. The highest BCUT2D eigenvalue weighted by molar-refractivity contribution is 5.00. The summed E-state index contributed by atoms with van der Waals surface area (Å²) in [5.41, 5.74) is 1.09. The molecule has 0 bridgehead atoms. The first-order chi connectivity index (χ1) is 10.3. The predicted molar refractivity (Wildman–Crippen MR) is 90.3 cm³/mol. The van der Waals surface area contributed by atoms with Gasteiger partial charge in [0.05, 0.1) is 5.69 Å². The molecule has 1 aromatic heterocycles. The van der Waals surface area contributed by atoms with Gasteiger partial charge in [-0.3, -0.25) is 0 Å². The van der Waals surface area contributed by atoms with Crippen LogP contribution in [0.4, 0.5) is 0 Å². The Kier molecular flexibility index (Phi) is 11.0. The molecular weight excluding hydrogens is 258 g/mol. The summed E-state index contributed by atoms with van der Waals surface area (Å²) in [5, 5.41) is 3.46. The molecule has 120 valence electrons. The average Bonchev–Trinajstić information content (AvgIpc) is 2.48. The van der Waals surface area contributed by atoms with Crippen LogP contribution in [0.2, 0.25) is 0 Å². The highest BCUT2D eigenvalue weighted by Gasteiger charge is 1.96. The van der Waals surface area contributed by atoms with Crippen molar-refractivity contribution in [3.63, 3.8) is 0 Å². The van der Waals surface area contributed by atoms with E-state index < -0.39 is 0 Å². The molecule has 0 fully saturated rings. The van der Waals surface area contributed by atoms with Crippen LogP contribution in [0.3, 0.4) is 0 Å². The van der Waals surface area contributed by atoms with Gasteiger partial charge in [0.2, 0.25) is 0 Å². The van der Waals surface area contributed by atoms with E-state index in [0.29, 0.717) is 0 Å². The van der Waals surface area contributed by atoms with E-state index >= 15 is 0 Å². The molecule has 1 N–H and O–H groups in total. The van der Waals surface area contributed by atoms with Gasteiger partial charge in [-0.1, -0.05) is 64.7 Å². The maximum Gasteiger partial charge on any atom is 0.125 e. The Hall–Kier alpha value is -0.960. The molecule has 0 radical (unpaired) electrons. The zero-order valence-electron chi connectivity index (χ0n) is 14.0. The first-order valence-corrected chi connectivity index (χ1v) is 8.82. The van der Waals surface area contributed by atoms with Crippen molar-refractivity contribution in [2.75, 3.05) is 6.54 Å². The van der Waals surface area contributed by atoms with Crippen LogP contribution < -0.4 is 5.32 Å². The Bertz CT molecular complexity index is 352. The topological polar surface area (TPSA) is 37.8 Å². The molecule has 0 spiro atoms. The molecule has 3 nitrogen and oxygen atoms in total. The molecule has 1 rings (SSSR count). The lowest BCUT2D eigenvalue weighted by Crippen LogP contribution is -2.15. The van der Waals surface area contributed by atoms with Gasteiger partial charge in [-0.05, 0) is 26.0 Å². The molecule has 0 aromatic carbocycles. The average molecular weight is 291 g/mol. The number of aryl methyl sites for hydroxylation is 1. The van der Waals surface area contributed by atoms with Crippen molar-refractivity contribution in [3.8, 4) is 0 Å². The van der Waals surface area contributed by atoms with Gasteiger partial charge in [-0.15, -0.1) is 0 Å². The fourth-order valence-electron chi connectivity index (χ4n) is 2.56. The highest BCUT2D eigenvalue weighted by atomic mass is 14.9. The quantitative estimate of drug-likeness (QED) is 0.531. The molecule has 0 aliphatic heterocycles. The van der Waals surface area contributed by atoms with Crippen molar-refractivity contribution >= 4 is 0 Å². The largest absolute Gasteiger partial charge is 0.311 e. The lowest BCUT2D eigenvalue weighted by Gasteiger charge is -2.05. The fraction of sp³-hybridized carbons (Fsp3) is 0.778. The number of hydrogen-bond acceptors (Lipinski definition) is 3. The second kappa shape index (κ2) is 12.8. The lowest BCUT2D eigenvalue weighted by atomic mass is 10.1. The molecule has 3 heteroatoms. The third-order valence-electron chi connectivity index (χ3n) is 3.85. The molecule has 21 heavy (non-hydrogen) atoms. The van der Waals surface area contributed by atoms with Crippen LogP contribution in [-0.4, -0.2) is 16.5 Å². The lowest BCUT2D eigenvalue weighted by molar-refractivity contribution is 0.542. The summed E-state index contributed by atoms with van der Waals surface area (Å²) < 4.78 is 0. The second-order valence-electron chi connectivity index (χ2n) is 5.95. The molecule has 0 amide bonds. The van der Waals surface area contributed by atoms with Crippen LogP contribution in [0.25, 0.3) is 0 Å². The van der Waals surface area contributed by atoms with Gasteiger partial charge in [-0.2, -0.15) is 0 Å². The van der Waals surface area contributed by atoms with Gasteiger partial charge < -0.3 is 5.32 Å². The van der Waals surface area contributed by atoms with E-state index in [-0.39, 0.29) is 0 Å². The zero-order valence-corrected chi connectivity index (χ0v) is 14.0. The second-order valence-corrected chi connectivity index (χ2v) is 5.95. The van der Waals surface area contributed by atoms with Crippen LogP contribution in [0.1, 0.15) is 82.7 Å². The van der Waals surface area contributed by atoms with E-state index in [1.807, 2.05) is 19.2 Å². The van der Waals surface area contributed by atoms with Gasteiger partial charge in [0.15, 0.2) is 0 Å². The monoisotopic (exact) mass is 291 g/mol. The zero-order chi connectivity index (χ0) is 15.2. The Balaban J connectivity index is 1.82. The standard InChI is InChI=1S/C18H33N3/c1-3-4-5-6-7-8-9-10-11-12-14-19-16-18-13-15-20-17(2)21-18/h13,15,19H,3-12,14,16H2,1-2H3. The van der Waals surface area contributed by atoms with E-state index in [0.717, 1.165) is 24.6 Å². The Morgan fingerprint density at radius 3 is 2.14 bits per heavy atom. The first-order valence-electron chi connectivity index (χ1n) is 8.82. The maximum atomic E-state index is 4.39. The van der Waals surface area contributed by atoms with Crippen LogP contribution in [0, 0.1) is 6.92 Å². The van der Waals surface area contributed by atoms with Gasteiger partial charge in [0.1, 0.15) is 5.82 Å². The number of nitrogens with one attached hydrogen (secondary N) is 1. The van der Waals surface area contributed by atoms with Gasteiger partial charge >= 0.3 is 0 Å². The smallest absolute Gasteiger partial charge is 0.125 e. The molecule has 0 saturated heterocycles. The van der Waals surface area contributed by atoms with Crippen molar-refractivity contribution in [1.29, 1.82) is 0 Å². The summed E-state index contributed by atoms with van der Waals surface area (Å²) in [6.45, 7) is 6.17. The van der Waals surface area contributed by atoms with E-state index in [1.165, 1.54) is 64.2 Å². The van der Waals surface area contributed by atoms with E-state index in [9.17, 15) is 0 Å². The summed E-state index contributed by atoms with van der Waals surface area (Å²) in [4.78, 5) is 8.50. The number of unbranched alkanes of at least 4 members (excludes halogenated alkanes) is 9. The van der Waals surface area contributed by atoms with Gasteiger partial charge in [0, 0.05) is 12.7 Å².